The number of aryl methyl sites for hydroxylation is 1. The zero-order chi connectivity index (χ0) is 18.8. The molecule has 0 atom stereocenters. The van der Waals surface area contributed by atoms with Gasteiger partial charge in [0.1, 0.15) is 5.75 Å². The third kappa shape index (κ3) is 3.27. The van der Waals surface area contributed by atoms with Gasteiger partial charge in [0.05, 0.1) is 13.3 Å². The molecule has 1 N–H and O–H groups in total. The molecule has 27 heavy (non-hydrogen) atoms. The van der Waals surface area contributed by atoms with Crippen LogP contribution in [0.15, 0.2) is 65.8 Å². The average molecular weight is 374 g/mol. The molecule has 3 aromatic carbocycles. The van der Waals surface area contributed by atoms with Crippen molar-refractivity contribution >= 4 is 29.2 Å². The van der Waals surface area contributed by atoms with Crippen molar-refractivity contribution in [2.45, 2.75) is 6.92 Å². The first-order chi connectivity index (χ1) is 13.2. The fraction of sp³-hybridized carbons (Fsp3) is 0.0952. The van der Waals surface area contributed by atoms with Gasteiger partial charge in [0.25, 0.3) is 0 Å². The second-order valence-electron chi connectivity index (χ2n) is 6.18. The normalized spacial score (nSPS) is 11.3. The summed E-state index contributed by atoms with van der Waals surface area (Å²) in [6, 6.07) is 20.2. The molecule has 0 saturated heterocycles. The van der Waals surface area contributed by atoms with Gasteiger partial charge in [-0.25, -0.2) is 5.10 Å². The van der Waals surface area contributed by atoms with Crippen molar-refractivity contribution in [1.82, 2.24) is 14.9 Å². The van der Waals surface area contributed by atoms with E-state index >= 15 is 0 Å². The molecule has 6 heteroatoms. The molecule has 1 aromatic heterocycles. The Labute approximate surface area is 161 Å². The van der Waals surface area contributed by atoms with Crippen molar-refractivity contribution in [3.63, 3.8) is 0 Å². The number of rotatable bonds is 4. The van der Waals surface area contributed by atoms with Gasteiger partial charge in [-0.15, -0.1) is 0 Å². The molecule has 5 nitrogen and oxygen atoms in total. The van der Waals surface area contributed by atoms with E-state index in [0.29, 0.717) is 10.6 Å². The van der Waals surface area contributed by atoms with Crippen molar-refractivity contribution in [3.8, 4) is 17.1 Å². The minimum absolute atomic E-state index is 0.432. The summed E-state index contributed by atoms with van der Waals surface area (Å²) in [5.41, 5.74) is 3.02. The van der Waals surface area contributed by atoms with E-state index in [1.165, 1.54) is 5.56 Å². The molecule has 0 unspecified atom stereocenters. The number of hydrogen-bond donors (Lipinski definition) is 1. The van der Waals surface area contributed by atoms with Gasteiger partial charge in [-0.05, 0) is 36.0 Å². The van der Waals surface area contributed by atoms with Crippen LogP contribution in [0.25, 0.3) is 22.2 Å². The van der Waals surface area contributed by atoms with Crippen molar-refractivity contribution in [3.05, 3.63) is 76.6 Å². The molecule has 0 radical (unpaired) electrons. The Hall–Kier alpha value is -3.25. The van der Waals surface area contributed by atoms with Gasteiger partial charge in [0, 0.05) is 11.1 Å². The minimum Gasteiger partial charge on any atom is -0.496 e. The smallest absolute Gasteiger partial charge is 0.216 e. The molecule has 0 saturated carbocycles. The first kappa shape index (κ1) is 17.2. The molecule has 4 rings (SSSR count). The van der Waals surface area contributed by atoms with E-state index in [2.05, 4.69) is 27.4 Å². The van der Waals surface area contributed by atoms with Gasteiger partial charge in [-0.2, -0.15) is 14.9 Å². The Morgan fingerprint density at radius 2 is 1.85 bits per heavy atom. The maximum absolute atomic E-state index is 5.53. The Morgan fingerprint density at radius 3 is 2.63 bits per heavy atom. The molecule has 1 heterocycles. The van der Waals surface area contributed by atoms with E-state index in [1.807, 2.05) is 55.5 Å². The fourth-order valence-electron chi connectivity index (χ4n) is 2.99. The van der Waals surface area contributed by atoms with Crippen LogP contribution < -0.4 is 4.74 Å². The fourth-order valence-corrected chi connectivity index (χ4v) is 3.17. The molecule has 134 valence electrons. The number of aromatic nitrogens is 3. The zero-order valence-corrected chi connectivity index (χ0v) is 15.8. The number of aromatic amines is 1. The molecule has 0 fully saturated rings. The largest absolute Gasteiger partial charge is 0.496 e. The highest BCUT2D eigenvalue weighted by molar-refractivity contribution is 7.71. The highest BCUT2D eigenvalue weighted by Gasteiger charge is 2.10. The molecule has 0 aliphatic rings. The topological polar surface area (TPSA) is 55.2 Å². The van der Waals surface area contributed by atoms with E-state index in [1.54, 1.807) is 18.0 Å². The highest BCUT2D eigenvalue weighted by atomic mass is 32.1. The van der Waals surface area contributed by atoms with Crippen LogP contribution in [0.5, 0.6) is 5.75 Å². The van der Waals surface area contributed by atoms with Crippen molar-refractivity contribution < 1.29 is 4.74 Å². The number of nitrogens with zero attached hydrogens (tertiary/aromatic N) is 3. The van der Waals surface area contributed by atoms with Crippen LogP contribution in [0.4, 0.5) is 0 Å². The van der Waals surface area contributed by atoms with Crippen LogP contribution in [0, 0.1) is 11.7 Å². The van der Waals surface area contributed by atoms with Gasteiger partial charge in [-0.3, -0.25) is 0 Å². The number of fused-ring (bicyclic) bond motifs is 1. The van der Waals surface area contributed by atoms with Crippen LogP contribution in [-0.2, 0) is 0 Å². The number of benzene rings is 3. The van der Waals surface area contributed by atoms with Gasteiger partial charge in [0.15, 0.2) is 5.82 Å². The summed E-state index contributed by atoms with van der Waals surface area (Å²) in [5.74, 6) is 1.42. The third-order valence-corrected chi connectivity index (χ3v) is 4.68. The second-order valence-corrected chi connectivity index (χ2v) is 6.56. The molecule has 0 aliphatic carbocycles. The number of ether oxygens (including phenoxy) is 1. The summed E-state index contributed by atoms with van der Waals surface area (Å²) < 4.78 is 7.59. The van der Waals surface area contributed by atoms with Crippen LogP contribution in [0.3, 0.4) is 0 Å². The lowest BCUT2D eigenvalue weighted by Crippen LogP contribution is -1.97. The molecule has 0 bridgehead atoms. The van der Waals surface area contributed by atoms with Crippen LogP contribution >= 0.6 is 12.2 Å². The Morgan fingerprint density at radius 1 is 1.07 bits per heavy atom. The van der Waals surface area contributed by atoms with Crippen molar-refractivity contribution in [2.75, 3.05) is 7.11 Å². The second kappa shape index (κ2) is 7.17. The van der Waals surface area contributed by atoms with E-state index in [-0.39, 0.29) is 0 Å². The van der Waals surface area contributed by atoms with Gasteiger partial charge < -0.3 is 4.74 Å². The molecule has 0 aliphatic heterocycles. The average Bonchev–Trinajstić information content (AvgIpc) is 3.07. The maximum Gasteiger partial charge on any atom is 0.216 e. The third-order valence-electron chi connectivity index (χ3n) is 4.41. The maximum atomic E-state index is 5.53. The lowest BCUT2D eigenvalue weighted by molar-refractivity contribution is 0.415. The van der Waals surface area contributed by atoms with Gasteiger partial charge in [-0.1, -0.05) is 60.2 Å². The predicted molar refractivity (Wildman–Crippen MR) is 111 cm³/mol. The first-order valence-electron chi connectivity index (χ1n) is 8.52. The summed E-state index contributed by atoms with van der Waals surface area (Å²) in [6.07, 6.45) is 1.77. The molecular formula is C21H18N4OS. The first-order valence-corrected chi connectivity index (χ1v) is 8.93. The molecule has 4 aromatic rings. The predicted octanol–water partition coefficient (Wildman–Crippen LogP) is 4.96. The Balaban J connectivity index is 1.83. The quantitative estimate of drug-likeness (QED) is 0.406. The number of nitrogens with one attached hydrogen (secondary N) is 1. The Bertz CT molecular complexity index is 1190. The van der Waals surface area contributed by atoms with Crippen LogP contribution in [-0.4, -0.2) is 28.2 Å². The summed E-state index contributed by atoms with van der Waals surface area (Å²) in [6.45, 7) is 2.05. The van der Waals surface area contributed by atoms with E-state index in [4.69, 9.17) is 17.0 Å². The van der Waals surface area contributed by atoms with Crippen LogP contribution in [0.2, 0.25) is 0 Å². The number of hydrogen-bond acceptors (Lipinski definition) is 4. The Kier molecular flexibility index (Phi) is 4.56. The monoisotopic (exact) mass is 374 g/mol. The summed E-state index contributed by atoms with van der Waals surface area (Å²) >= 11 is 5.37. The van der Waals surface area contributed by atoms with E-state index in [0.717, 1.165) is 27.6 Å². The lowest BCUT2D eigenvalue weighted by Gasteiger charge is -2.08. The van der Waals surface area contributed by atoms with Crippen molar-refractivity contribution in [2.24, 2.45) is 5.10 Å². The number of H-pyrrole nitrogens is 1. The lowest BCUT2D eigenvalue weighted by atomic mass is 10.0. The molecular weight excluding hydrogens is 356 g/mol. The van der Waals surface area contributed by atoms with Gasteiger partial charge >= 0.3 is 0 Å². The number of methoxy groups -OCH3 is 1. The molecule has 0 amide bonds. The summed E-state index contributed by atoms with van der Waals surface area (Å²) in [5, 5.41) is 13.9. The summed E-state index contributed by atoms with van der Waals surface area (Å²) in [7, 11) is 1.66. The zero-order valence-electron chi connectivity index (χ0n) is 15.0. The van der Waals surface area contributed by atoms with Crippen molar-refractivity contribution in [1.29, 1.82) is 0 Å². The van der Waals surface area contributed by atoms with E-state index < -0.39 is 0 Å². The minimum atomic E-state index is 0.432. The summed E-state index contributed by atoms with van der Waals surface area (Å²) in [4.78, 5) is 0. The van der Waals surface area contributed by atoms with Crippen LogP contribution in [0.1, 0.15) is 11.1 Å². The van der Waals surface area contributed by atoms with Gasteiger partial charge in [0.2, 0.25) is 4.77 Å². The molecule has 0 spiro atoms. The highest BCUT2D eigenvalue weighted by Crippen LogP contribution is 2.26. The standard InChI is InChI=1S/C21H18N4OS/c1-14-7-9-16(10-8-14)20-23-24-21(27)25(20)22-13-18-17-6-4-3-5-15(17)11-12-19(18)26-2/h3-13H,1-2H3,(H,24,27)/b22-13-. The van der Waals surface area contributed by atoms with E-state index in [9.17, 15) is 0 Å². The SMILES string of the molecule is COc1ccc2ccccc2c1/C=N\n1c(-c2ccc(C)cc2)n[nH]c1=S.